The Morgan fingerprint density at radius 3 is 2.21 bits per heavy atom. The van der Waals surface area contributed by atoms with Crippen LogP contribution in [0.1, 0.15) is 10.5 Å². The average molecular weight is 548 g/mol. The number of aromatic nitrogens is 1. The van der Waals surface area contributed by atoms with Crippen LogP contribution in [0, 0.1) is 0 Å². The van der Waals surface area contributed by atoms with Crippen LogP contribution in [0.2, 0.25) is 0 Å². The van der Waals surface area contributed by atoms with E-state index in [4.69, 9.17) is 5.73 Å². The third-order valence-electron chi connectivity index (χ3n) is 4.85. The first-order chi connectivity index (χ1) is 15.5. The maximum atomic E-state index is 13.2. The summed E-state index contributed by atoms with van der Waals surface area (Å²) in [6.45, 7) is 0. The second kappa shape index (κ2) is 8.32. The summed E-state index contributed by atoms with van der Waals surface area (Å²) in [6, 6.07) is 18.8. The van der Waals surface area contributed by atoms with Crippen molar-refractivity contribution >= 4 is 58.3 Å². The molecule has 0 saturated carbocycles. The van der Waals surface area contributed by atoms with E-state index in [2.05, 4.69) is 20.7 Å². The normalized spacial score (nSPS) is 12.1. The molecule has 0 unspecified atom stereocenters. The van der Waals surface area contributed by atoms with E-state index in [9.17, 15) is 21.6 Å². The molecule has 33 heavy (non-hydrogen) atoms. The van der Waals surface area contributed by atoms with E-state index >= 15 is 0 Å². The topological polar surface area (TPSA) is 128 Å². The number of carbonyl (C=O) groups excluding carboxylic acids is 1. The van der Waals surface area contributed by atoms with Gasteiger partial charge >= 0.3 is 0 Å². The number of primary amides is 1. The fourth-order valence-corrected chi connectivity index (χ4v) is 5.95. The number of nitrogens with two attached hydrogens (primary N) is 1. The molecule has 0 spiro atoms. The number of nitrogens with zero attached hydrogens (tertiary/aromatic N) is 1. The second-order valence-electron chi connectivity index (χ2n) is 7.34. The monoisotopic (exact) mass is 547 g/mol. The molecule has 8 nitrogen and oxygen atoms in total. The molecule has 0 saturated heterocycles. The van der Waals surface area contributed by atoms with Gasteiger partial charge in [0.15, 0.2) is 0 Å². The molecule has 0 aliphatic heterocycles. The minimum absolute atomic E-state index is 0.0285. The maximum Gasteiger partial charge on any atom is 0.265 e. The lowest BCUT2D eigenvalue weighted by molar-refractivity contribution is 0.0994. The molecule has 1 amide bonds. The molecule has 0 fully saturated rings. The van der Waals surface area contributed by atoms with E-state index in [1.165, 1.54) is 28.8 Å². The SMILES string of the molecule is CS(=O)(=O)Nc1ccc2cc(C(N)=O)n(-c3cccc(S(=O)(=O)c4cccc(Br)c4)c3)c2c1. The number of anilines is 1. The Labute approximate surface area is 199 Å². The van der Waals surface area contributed by atoms with E-state index in [1.807, 2.05) is 0 Å². The van der Waals surface area contributed by atoms with Gasteiger partial charge in [0.1, 0.15) is 5.69 Å². The van der Waals surface area contributed by atoms with E-state index < -0.39 is 25.8 Å². The van der Waals surface area contributed by atoms with Crippen molar-refractivity contribution in [2.45, 2.75) is 9.79 Å². The highest BCUT2D eigenvalue weighted by Crippen LogP contribution is 2.30. The highest BCUT2D eigenvalue weighted by molar-refractivity contribution is 9.10. The molecule has 11 heteroatoms. The molecular formula is C22H18BrN3O5S2. The molecule has 0 aliphatic rings. The van der Waals surface area contributed by atoms with Crippen molar-refractivity contribution in [2.24, 2.45) is 5.73 Å². The van der Waals surface area contributed by atoms with E-state index in [0.717, 1.165) is 6.26 Å². The number of nitrogens with one attached hydrogen (secondary N) is 1. The maximum absolute atomic E-state index is 13.2. The van der Waals surface area contributed by atoms with Gasteiger partial charge in [-0.05, 0) is 54.6 Å². The van der Waals surface area contributed by atoms with Crippen LogP contribution in [0.15, 0.2) is 87.1 Å². The fourth-order valence-electron chi connectivity index (χ4n) is 3.50. The summed E-state index contributed by atoms with van der Waals surface area (Å²) in [4.78, 5) is 12.3. The molecule has 3 aromatic carbocycles. The van der Waals surface area contributed by atoms with Crippen molar-refractivity contribution in [1.29, 1.82) is 0 Å². The Hall–Kier alpha value is -3.15. The molecule has 1 aromatic heterocycles. The molecule has 170 valence electrons. The van der Waals surface area contributed by atoms with Crippen molar-refractivity contribution in [3.63, 3.8) is 0 Å². The zero-order chi connectivity index (χ0) is 24.0. The highest BCUT2D eigenvalue weighted by atomic mass is 79.9. The molecule has 4 rings (SSSR count). The zero-order valence-electron chi connectivity index (χ0n) is 17.2. The lowest BCUT2D eigenvalue weighted by Crippen LogP contribution is -2.16. The summed E-state index contributed by atoms with van der Waals surface area (Å²) in [7, 11) is -7.37. The molecule has 1 heterocycles. The van der Waals surface area contributed by atoms with Gasteiger partial charge in [-0.3, -0.25) is 9.52 Å². The van der Waals surface area contributed by atoms with E-state index in [1.54, 1.807) is 48.5 Å². The molecule has 4 aromatic rings. The van der Waals surface area contributed by atoms with Gasteiger partial charge in [0.05, 0.1) is 27.3 Å². The van der Waals surface area contributed by atoms with Gasteiger partial charge in [0.25, 0.3) is 5.91 Å². The fraction of sp³-hybridized carbons (Fsp3) is 0.0455. The summed E-state index contributed by atoms with van der Waals surface area (Å²) < 4.78 is 54.2. The Bertz CT molecular complexity index is 1630. The van der Waals surface area contributed by atoms with Gasteiger partial charge in [-0.1, -0.05) is 34.1 Å². The summed E-state index contributed by atoms with van der Waals surface area (Å²) in [5.74, 6) is -0.718. The number of hydrogen-bond donors (Lipinski definition) is 2. The van der Waals surface area contributed by atoms with Crippen molar-refractivity contribution in [3.05, 3.63) is 83.0 Å². The number of carbonyl (C=O) groups is 1. The largest absolute Gasteiger partial charge is 0.364 e. The van der Waals surface area contributed by atoms with E-state index in [-0.39, 0.29) is 15.5 Å². The molecule has 3 N–H and O–H groups in total. The first kappa shape index (κ1) is 23.0. The highest BCUT2D eigenvalue weighted by Gasteiger charge is 2.21. The number of hydrogen-bond acceptors (Lipinski definition) is 5. The minimum Gasteiger partial charge on any atom is -0.364 e. The van der Waals surface area contributed by atoms with Crippen LogP contribution in [0.4, 0.5) is 5.69 Å². The molecular weight excluding hydrogens is 530 g/mol. The number of benzene rings is 3. The van der Waals surface area contributed by atoms with Crippen LogP contribution in [-0.2, 0) is 19.9 Å². The van der Waals surface area contributed by atoms with Crippen molar-refractivity contribution in [2.75, 3.05) is 11.0 Å². The van der Waals surface area contributed by atoms with Gasteiger partial charge in [-0.2, -0.15) is 0 Å². The van der Waals surface area contributed by atoms with Crippen LogP contribution in [0.5, 0.6) is 0 Å². The van der Waals surface area contributed by atoms with Crippen LogP contribution in [0.3, 0.4) is 0 Å². The van der Waals surface area contributed by atoms with Gasteiger partial charge < -0.3 is 10.3 Å². The Kier molecular flexibility index (Phi) is 5.81. The van der Waals surface area contributed by atoms with Crippen molar-refractivity contribution in [1.82, 2.24) is 4.57 Å². The number of amides is 1. The number of rotatable bonds is 6. The van der Waals surface area contributed by atoms with E-state index in [0.29, 0.717) is 26.8 Å². The van der Waals surface area contributed by atoms with Crippen LogP contribution in [0.25, 0.3) is 16.6 Å². The number of halogens is 1. The molecule has 0 aliphatic carbocycles. The molecule has 0 bridgehead atoms. The summed E-state index contributed by atoms with van der Waals surface area (Å²) in [5, 5.41) is 0.628. The van der Waals surface area contributed by atoms with Gasteiger partial charge in [0, 0.05) is 15.5 Å². The Morgan fingerprint density at radius 1 is 0.909 bits per heavy atom. The lowest BCUT2D eigenvalue weighted by Gasteiger charge is -2.12. The first-order valence-corrected chi connectivity index (χ1v) is 13.7. The Morgan fingerprint density at radius 2 is 1.58 bits per heavy atom. The average Bonchev–Trinajstić information content (AvgIpc) is 3.12. The lowest BCUT2D eigenvalue weighted by atomic mass is 10.2. The van der Waals surface area contributed by atoms with Gasteiger partial charge in [-0.15, -0.1) is 0 Å². The zero-order valence-corrected chi connectivity index (χ0v) is 20.4. The third-order valence-corrected chi connectivity index (χ3v) is 7.70. The summed E-state index contributed by atoms with van der Waals surface area (Å²) in [6.07, 6.45) is 1.03. The molecule has 0 atom stereocenters. The van der Waals surface area contributed by atoms with Crippen molar-refractivity contribution < 1.29 is 21.6 Å². The van der Waals surface area contributed by atoms with Crippen LogP contribution in [-0.4, -0.2) is 33.6 Å². The summed E-state index contributed by atoms with van der Waals surface area (Å²) >= 11 is 3.28. The minimum atomic E-state index is -3.84. The number of fused-ring (bicyclic) bond motifs is 1. The smallest absolute Gasteiger partial charge is 0.265 e. The Balaban J connectivity index is 1.92. The quantitative estimate of drug-likeness (QED) is 0.380. The standard InChI is InChI=1S/C22H18BrN3O5S2/c1-32(28,29)25-16-9-8-14-10-21(22(24)27)26(20(14)12-16)17-5-3-7-19(13-17)33(30,31)18-6-2-4-15(23)11-18/h2-13,25H,1H3,(H2,24,27). The molecule has 0 radical (unpaired) electrons. The predicted molar refractivity (Wildman–Crippen MR) is 130 cm³/mol. The second-order valence-corrected chi connectivity index (χ2v) is 11.9. The van der Waals surface area contributed by atoms with Crippen molar-refractivity contribution in [3.8, 4) is 5.69 Å². The van der Waals surface area contributed by atoms with Gasteiger partial charge in [0.2, 0.25) is 19.9 Å². The third kappa shape index (κ3) is 4.65. The van der Waals surface area contributed by atoms with Crippen LogP contribution >= 0.6 is 15.9 Å². The summed E-state index contributed by atoms with van der Waals surface area (Å²) in [5.41, 5.74) is 6.87. The number of sulfonamides is 1. The number of sulfone groups is 1. The van der Waals surface area contributed by atoms with Crippen LogP contribution < -0.4 is 10.5 Å². The van der Waals surface area contributed by atoms with Gasteiger partial charge in [-0.25, -0.2) is 16.8 Å². The first-order valence-electron chi connectivity index (χ1n) is 9.50. The predicted octanol–water partition coefficient (Wildman–Crippen LogP) is 3.70.